The number of halogens is 2. The van der Waals surface area contributed by atoms with Gasteiger partial charge in [-0.25, -0.2) is 8.78 Å². The van der Waals surface area contributed by atoms with Crippen molar-refractivity contribution in [2.75, 3.05) is 38.1 Å². The number of likely N-dealkylation sites (N-methyl/N-ethyl adjacent to an activating group) is 1. The fraction of sp³-hybridized carbons (Fsp3) is 0.485. The lowest BCUT2D eigenvalue weighted by Crippen LogP contribution is -2.37. The number of amides is 1. The molecule has 0 saturated carbocycles. The van der Waals surface area contributed by atoms with Gasteiger partial charge in [-0.05, 0) is 57.0 Å². The molecule has 0 saturated heterocycles. The highest BCUT2D eigenvalue weighted by Gasteiger charge is 2.23. The molecule has 0 atom stereocenters. The van der Waals surface area contributed by atoms with Crippen molar-refractivity contribution in [3.63, 3.8) is 0 Å². The molecule has 0 aliphatic heterocycles. The molecule has 0 unspecified atom stereocenters. The van der Waals surface area contributed by atoms with Gasteiger partial charge in [0.05, 0.1) is 12.1 Å². The summed E-state index contributed by atoms with van der Waals surface area (Å²) in [7, 11) is 1.95. The number of para-hydroxylation sites is 1. The van der Waals surface area contributed by atoms with Crippen LogP contribution in [0.4, 0.5) is 14.5 Å². The van der Waals surface area contributed by atoms with Crippen LogP contribution in [0.15, 0.2) is 66.9 Å². The van der Waals surface area contributed by atoms with E-state index in [0.29, 0.717) is 13.1 Å². The van der Waals surface area contributed by atoms with Gasteiger partial charge in [-0.15, -0.1) is 6.58 Å². The van der Waals surface area contributed by atoms with Gasteiger partial charge < -0.3 is 15.1 Å². The number of hydrogen-bond acceptors (Lipinski definition) is 3. The van der Waals surface area contributed by atoms with Crippen LogP contribution in [0.3, 0.4) is 0 Å². The zero-order valence-corrected chi connectivity index (χ0v) is 25.3. The van der Waals surface area contributed by atoms with Gasteiger partial charge in [0.15, 0.2) is 11.6 Å². The number of nitrogens with zero attached hydrogens (tertiary/aromatic N) is 2. The van der Waals surface area contributed by atoms with Gasteiger partial charge in [0.2, 0.25) is 0 Å². The molecular weight excluding hydrogens is 492 g/mol. The lowest BCUT2D eigenvalue weighted by molar-refractivity contribution is 0.0761. The fourth-order valence-corrected chi connectivity index (χ4v) is 3.63. The van der Waals surface area contributed by atoms with Crippen LogP contribution < -0.4 is 10.2 Å². The van der Waals surface area contributed by atoms with Crippen molar-refractivity contribution < 1.29 is 13.6 Å². The molecular formula is C33H51F2N3O. The SMILES string of the molecule is C/C=C(\CN(CCCC)C(=O)c1cccc(F)c1F)N(C)c1ccccc1C.C=CCNCCCC.CCC. The minimum absolute atomic E-state index is 0.231. The maximum atomic E-state index is 14.2. The fourth-order valence-electron chi connectivity index (χ4n) is 3.63. The number of rotatable bonds is 13. The monoisotopic (exact) mass is 543 g/mol. The van der Waals surface area contributed by atoms with Crippen LogP contribution in [-0.2, 0) is 0 Å². The van der Waals surface area contributed by atoms with Crippen molar-refractivity contribution in [1.29, 1.82) is 0 Å². The van der Waals surface area contributed by atoms with Crippen LogP contribution in [0.2, 0.25) is 0 Å². The lowest BCUT2D eigenvalue weighted by Gasteiger charge is -2.30. The van der Waals surface area contributed by atoms with E-state index >= 15 is 0 Å². The van der Waals surface area contributed by atoms with Crippen LogP contribution in [0, 0.1) is 18.6 Å². The Kier molecular flexibility index (Phi) is 20.2. The molecule has 6 heteroatoms. The van der Waals surface area contributed by atoms with Crippen molar-refractivity contribution in [1.82, 2.24) is 10.2 Å². The van der Waals surface area contributed by atoms with E-state index in [1.54, 1.807) is 4.90 Å². The Balaban J connectivity index is 0.00000111. The third kappa shape index (κ3) is 13.6. The average molecular weight is 544 g/mol. The minimum Gasteiger partial charge on any atom is -0.347 e. The van der Waals surface area contributed by atoms with Crippen molar-refractivity contribution >= 4 is 11.6 Å². The van der Waals surface area contributed by atoms with Gasteiger partial charge >= 0.3 is 0 Å². The first-order chi connectivity index (χ1) is 18.7. The average Bonchev–Trinajstić information content (AvgIpc) is 2.93. The van der Waals surface area contributed by atoms with E-state index in [1.165, 1.54) is 31.4 Å². The van der Waals surface area contributed by atoms with Crippen molar-refractivity contribution in [2.24, 2.45) is 0 Å². The molecule has 2 rings (SSSR count). The Hall–Kier alpha value is -2.99. The van der Waals surface area contributed by atoms with E-state index < -0.39 is 17.5 Å². The molecule has 0 heterocycles. The predicted molar refractivity (Wildman–Crippen MR) is 164 cm³/mol. The van der Waals surface area contributed by atoms with Gasteiger partial charge in [-0.1, -0.05) is 83.4 Å². The van der Waals surface area contributed by atoms with Gasteiger partial charge in [0, 0.05) is 31.5 Å². The summed E-state index contributed by atoms with van der Waals surface area (Å²) >= 11 is 0. The third-order valence-electron chi connectivity index (χ3n) is 5.84. The second-order valence-electron chi connectivity index (χ2n) is 9.36. The molecule has 1 amide bonds. The highest BCUT2D eigenvalue weighted by Crippen LogP contribution is 2.23. The number of hydrogen-bond donors (Lipinski definition) is 1. The van der Waals surface area contributed by atoms with E-state index in [0.717, 1.165) is 48.9 Å². The van der Waals surface area contributed by atoms with Gasteiger partial charge in [0.25, 0.3) is 5.91 Å². The lowest BCUT2D eigenvalue weighted by atomic mass is 10.1. The molecule has 0 aliphatic carbocycles. The summed E-state index contributed by atoms with van der Waals surface area (Å²) in [4.78, 5) is 16.6. The second-order valence-corrected chi connectivity index (χ2v) is 9.36. The number of aryl methyl sites for hydroxylation is 1. The van der Waals surface area contributed by atoms with E-state index in [9.17, 15) is 13.6 Å². The van der Waals surface area contributed by atoms with Crippen LogP contribution in [0.5, 0.6) is 0 Å². The first kappa shape index (κ1) is 36.0. The van der Waals surface area contributed by atoms with E-state index in [2.05, 4.69) is 32.7 Å². The molecule has 1 N–H and O–H groups in total. The first-order valence-electron chi connectivity index (χ1n) is 14.2. The molecule has 0 spiro atoms. The maximum absolute atomic E-state index is 14.2. The normalized spacial score (nSPS) is 10.5. The van der Waals surface area contributed by atoms with Crippen LogP contribution in [-0.4, -0.2) is 44.0 Å². The topological polar surface area (TPSA) is 35.6 Å². The number of carbonyl (C=O) groups is 1. The third-order valence-corrected chi connectivity index (χ3v) is 5.84. The minimum atomic E-state index is -1.09. The standard InChI is InChI=1S/C23H28F2N2O.C7H15N.C3H8/c1-5-7-15-27(23(28)19-12-10-13-20(24)22(19)25)16-18(6-2)26(4)21-14-9-8-11-17(21)3;1-3-5-7-8-6-4-2;1-3-2/h6,8-14H,5,7,15-16H2,1-4H3;4,8H,2-3,5-7H2,1H3;3H2,1-2H3/b18-6+;;. The molecule has 4 nitrogen and oxygen atoms in total. The zero-order chi connectivity index (χ0) is 29.6. The molecule has 218 valence electrons. The van der Waals surface area contributed by atoms with Crippen molar-refractivity contribution in [3.05, 3.63) is 89.7 Å². The number of anilines is 1. The number of allylic oxidation sites excluding steroid dienone is 1. The summed E-state index contributed by atoms with van der Waals surface area (Å²) in [5.41, 5.74) is 2.84. The molecule has 39 heavy (non-hydrogen) atoms. The number of unbranched alkanes of at least 4 members (excludes halogenated alkanes) is 2. The van der Waals surface area contributed by atoms with Gasteiger partial charge in [0.1, 0.15) is 0 Å². The van der Waals surface area contributed by atoms with E-state index in [1.807, 2.05) is 69.1 Å². The molecule has 0 aliphatic rings. The van der Waals surface area contributed by atoms with Gasteiger partial charge in [-0.2, -0.15) is 0 Å². The Morgan fingerprint density at radius 2 is 1.64 bits per heavy atom. The Labute approximate surface area is 236 Å². The summed E-state index contributed by atoms with van der Waals surface area (Å²) in [6.45, 7) is 18.9. The van der Waals surface area contributed by atoms with E-state index in [4.69, 9.17) is 0 Å². The highest BCUT2D eigenvalue weighted by atomic mass is 19.2. The second kappa shape index (κ2) is 21.9. The highest BCUT2D eigenvalue weighted by molar-refractivity contribution is 5.94. The summed E-state index contributed by atoms with van der Waals surface area (Å²) in [6, 6.07) is 11.7. The van der Waals surface area contributed by atoms with E-state index in [-0.39, 0.29) is 5.56 Å². The van der Waals surface area contributed by atoms with Crippen LogP contribution >= 0.6 is 0 Å². The van der Waals surface area contributed by atoms with Crippen molar-refractivity contribution in [2.45, 2.75) is 73.6 Å². The van der Waals surface area contributed by atoms with Crippen molar-refractivity contribution in [3.8, 4) is 0 Å². The first-order valence-corrected chi connectivity index (χ1v) is 14.2. The summed E-state index contributed by atoms with van der Waals surface area (Å²) in [5, 5.41) is 3.22. The van der Waals surface area contributed by atoms with Gasteiger partial charge in [-0.3, -0.25) is 4.79 Å². The molecule has 0 fully saturated rings. The summed E-state index contributed by atoms with van der Waals surface area (Å²) in [6.07, 6.45) is 9.30. The maximum Gasteiger partial charge on any atom is 0.257 e. The number of benzene rings is 2. The van der Waals surface area contributed by atoms with Crippen LogP contribution in [0.1, 0.15) is 82.6 Å². The number of carbonyl (C=O) groups excluding carboxylic acids is 1. The molecule has 0 radical (unpaired) electrons. The summed E-state index contributed by atoms with van der Waals surface area (Å²) < 4.78 is 27.8. The summed E-state index contributed by atoms with van der Waals surface area (Å²) in [5.74, 6) is -2.60. The Bertz CT molecular complexity index is 991. The molecule has 0 bridgehead atoms. The van der Waals surface area contributed by atoms with Crippen LogP contribution in [0.25, 0.3) is 0 Å². The molecule has 0 aromatic heterocycles. The smallest absolute Gasteiger partial charge is 0.257 e. The largest absolute Gasteiger partial charge is 0.347 e. The molecule has 2 aromatic carbocycles. The predicted octanol–water partition coefficient (Wildman–Crippen LogP) is 8.53. The molecule has 2 aromatic rings. The number of nitrogens with one attached hydrogen (secondary N) is 1. The Morgan fingerprint density at radius 3 is 2.21 bits per heavy atom. The Morgan fingerprint density at radius 1 is 1.00 bits per heavy atom. The zero-order valence-electron chi connectivity index (χ0n) is 25.3. The quantitative estimate of drug-likeness (QED) is 0.203.